The van der Waals surface area contributed by atoms with Crippen LogP contribution in [0.1, 0.15) is 12.5 Å². The van der Waals surface area contributed by atoms with Gasteiger partial charge in [0.05, 0.1) is 10.6 Å². The number of anilines is 1. The number of piperazine rings is 1. The maximum Gasteiger partial charge on any atom is 0.194 e. The van der Waals surface area contributed by atoms with E-state index in [1.54, 1.807) is 18.2 Å². The fourth-order valence-corrected chi connectivity index (χ4v) is 4.14. The third-order valence-corrected chi connectivity index (χ3v) is 6.28. The Morgan fingerprint density at radius 3 is 2.33 bits per heavy atom. The summed E-state index contributed by atoms with van der Waals surface area (Å²) in [6.45, 7) is 6.75. The zero-order valence-electron chi connectivity index (χ0n) is 17.6. The van der Waals surface area contributed by atoms with E-state index in [0.717, 1.165) is 56.4 Å². The molecule has 1 heterocycles. The Morgan fingerprint density at radius 2 is 1.73 bits per heavy atom. The molecule has 1 aliphatic heterocycles. The van der Waals surface area contributed by atoms with Gasteiger partial charge in [-0.1, -0.05) is 24.3 Å². The zero-order chi connectivity index (χ0) is 21.6. The number of para-hydroxylation sites is 2. The number of nitrogens with zero attached hydrogens (tertiary/aromatic N) is 3. The van der Waals surface area contributed by atoms with E-state index < -0.39 is 9.84 Å². The number of aromatic hydroxyl groups is 1. The van der Waals surface area contributed by atoms with E-state index in [2.05, 4.69) is 22.0 Å². The van der Waals surface area contributed by atoms with E-state index in [4.69, 9.17) is 4.99 Å². The quantitative estimate of drug-likeness (QED) is 0.539. The second kappa shape index (κ2) is 9.84. The lowest BCUT2D eigenvalue weighted by Crippen LogP contribution is -2.52. The first-order valence-corrected chi connectivity index (χ1v) is 12.1. The number of hydrogen-bond donors (Lipinski definition) is 2. The molecule has 0 unspecified atom stereocenters. The number of phenolic OH excluding ortho intramolecular Hbond substituents is 1. The van der Waals surface area contributed by atoms with Crippen LogP contribution in [0.25, 0.3) is 0 Å². The van der Waals surface area contributed by atoms with Gasteiger partial charge in [0.15, 0.2) is 15.8 Å². The van der Waals surface area contributed by atoms with Gasteiger partial charge in [0.2, 0.25) is 0 Å². The number of aliphatic imine (C=N–C) groups is 1. The molecule has 2 N–H and O–H groups in total. The molecule has 1 aliphatic rings. The van der Waals surface area contributed by atoms with Gasteiger partial charge in [0, 0.05) is 45.5 Å². The lowest BCUT2D eigenvalue weighted by atomic mass is 10.1. The summed E-state index contributed by atoms with van der Waals surface area (Å²) >= 11 is 0. The maximum atomic E-state index is 11.6. The highest BCUT2D eigenvalue weighted by Crippen LogP contribution is 2.27. The number of phenols is 1. The summed E-state index contributed by atoms with van der Waals surface area (Å²) in [5, 5.41) is 13.4. The minimum absolute atomic E-state index is 0.313. The van der Waals surface area contributed by atoms with Crippen LogP contribution in [0, 0.1) is 0 Å². The monoisotopic (exact) mass is 430 g/mol. The molecule has 0 radical (unpaired) electrons. The number of benzene rings is 2. The van der Waals surface area contributed by atoms with Crippen LogP contribution >= 0.6 is 0 Å². The first kappa shape index (κ1) is 22.0. The summed E-state index contributed by atoms with van der Waals surface area (Å²) in [4.78, 5) is 9.54. The molecule has 2 aromatic rings. The Labute approximate surface area is 179 Å². The van der Waals surface area contributed by atoms with Gasteiger partial charge in [-0.2, -0.15) is 0 Å². The van der Waals surface area contributed by atoms with Crippen molar-refractivity contribution in [2.24, 2.45) is 4.99 Å². The predicted octanol–water partition coefficient (Wildman–Crippen LogP) is 2.13. The molecule has 0 spiro atoms. The number of rotatable bonds is 6. The Bertz CT molecular complexity index is 966. The molecule has 0 atom stereocenters. The minimum Gasteiger partial charge on any atom is -0.506 e. The van der Waals surface area contributed by atoms with Gasteiger partial charge in [-0.05, 0) is 43.2 Å². The van der Waals surface area contributed by atoms with Crippen molar-refractivity contribution in [3.05, 3.63) is 54.1 Å². The summed E-state index contributed by atoms with van der Waals surface area (Å²) in [7, 11) is -3.17. The van der Waals surface area contributed by atoms with Crippen LogP contribution in [0.5, 0.6) is 5.75 Å². The van der Waals surface area contributed by atoms with Crippen molar-refractivity contribution < 1.29 is 13.5 Å². The lowest BCUT2D eigenvalue weighted by Gasteiger charge is -2.37. The SMILES string of the molecule is CCNC(=NCCc1ccc(S(C)(=O)=O)cc1)N1CCN(c2ccccc2O)CC1. The Morgan fingerprint density at radius 1 is 1.07 bits per heavy atom. The Kier molecular flexibility index (Phi) is 7.20. The summed E-state index contributed by atoms with van der Waals surface area (Å²) in [5.74, 6) is 1.20. The van der Waals surface area contributed by atoms with Crippen LogP contribution < -0.4 is 10.2 Å². The lowest BCUT2D eigenvalue weighted by molar-refractivity contribution is 0.370. The average Bonchev–Trinajstić information content (AvgIpc) is 2.73. The molecule has 3 rings (SSSR count). The van der Waals surface area contributed by atoms with Crippen LogP contribution in [0.15, 0.2) is 58.4 Å². The van der Waals surface area contributed by atoms with E-state index in [9.17, 15) is 13.5 Å². The molecule has 30 heavy (non-hydrogen) atoms. The van der Waals surface area contributed by atoms with E-state index in [0.29, 0.717) is 17.2 Å². The molecule has 2 aromatic carbocycles. The molecule has 7 nitrogen and oxygen atoms in total. The fourth-order valence-electron chi connectivity index (χ4n) is 3.51. The van der Waals surface area contributed by atoms with Crippen molar-refractivity contribution in [3.8, 4) is 5.75 Å². The minimum atomic E-state index is -3.17. The van der Waals surface area contributed by atoms with Crippen molar-refractivity contribution in [1.29, 1.82) is 0 Å². The fraction of sp³-hybridized carbons (Fsp3) is 0.409. The number of hydrogen-bond acceptors (Lipinski definition) is 5. The topological polar surface area (TPSA) is 85.2 Å². The van der Waals surface area contributed by atoms with Crippen LogP contribution in [-0.4, -0.2) is 69.9 Å². The maximum absolute atomic E-state index is 11.6. The molecular formula is C22H30N4O3S. The van der Waals surface area contributed by atoms with E-state index in [1.165, 1.54) is 6.26 Å². The van der Waals surface area contributed by atoms with Gasteiger partial charge in [-0.25, -0.2) is 8.42 Å². The van der Waals surface area contributed by atoms with Crippen LogP contribution in [0.3, 0.4) is 0 Å². The molecule has 0 aromatic heterocycles. The highest BCUT2D eigenvalue weighted by Gasteiger charge is 2.21. The molecule has 8 heteroatoms. The van der Waals surface area contributed by atoms with E-state index in [-0.39, 0.29) is 0 Å². The van der Waals surface area contributed by atoms with Gasteiger partial charge in [-0.15, -0.1) is 0 Å². The second-order valence-electron chi connectivity index (χ2n) is 7.36. The smallest absolute Gasteiger partial charge is 0.194 e. The van der Waals surface area contributed by atoms with E-state index in [1.807, 2.05) is 30.3 Å². The highest BCUT2D eigenvalue weighted by atomic mass is 32.2. The molecular weight excluding hydrogens is 400 g/mol. The predicted molar refractivity (Wildman–Crippen MR) is 121 cm³/mol. The molecule has 0 amide bonds. The van der Waals surface area contributed by atoms with Crippen molar-refractivity contribution in [3.63, 3.8) is 0 Å². The third-order valence-electron chi connectivity index (χ3n) is 5.15. The first-order valence-electron chi connectivity index (χ1n) is 10.2. The first-order chi connectivity index (χ1) is 14.4. The number of nitrogens with one attached hydrogen (secondary N) is 1. The van der Waals surface area contributed by atoms with Crippen molar-refractivity contribution >= 4 is 21.5 Å². The van der Waals surface area contributed by atoms with Gasteiger partial charge >= 0.3 is 0 Å². The number of sulfone groups is 1. The summed E-state index contributed by atoms with van der Waals surface area (Å²) in [5.41, 5.74) is 1.93. The molecule has 0 bridgehead atoms. The summed E-state index contributed by atoms with van der Waals surface area (Å²) in [6, 6.07) is 14.4. The van der Waals surface area contributed by atoms with Gasteiger partial charge < -0.3 is 20.2 Å². The molecule has 1 fully saturated rings. The number of guanidine groups is 1. The largest absolute Gasteiger partial charge is 0.506 e. The van der Waals surface area contributed by atoms with Gasteiger partial charge in [-0.3, -0.25) is 4.99 Å². The van der Waals surface area contributed by atoms with Gasteiger partial charge in [0.25, 0.3) is 0 Å². The summed E-state index contributed by atoms with van der Waals surface area (Å²) < 4.78 is 23.1. The Hall–Kier alpha value is -2.74. The van der Waals surface area contributed by atoms with Crippen molar-refractivity contribution in [1.82, 2.24) is 10.2 Å². The normalized spacial score (nSPS) is 15.3. The van der Waals surface area contributed by atoms with E-state index >= 15 is 0 Å². The molecule has 1 saturated heterocycles. The van der Waals surface area contributed by atoms with Crippen LogP contribution in [0.4, 0.5) is 5.69 Å². The second-order valence-corrected chi connectivity index (χ2v) is 9.38. The Balaban J connectivity index is 1.58. The zero-order valence-corrected chi connectivity index (χ0v) is 18.4. The third kappa shape index (κ3) is 5.66. The van der Waals surface area contributed by atoms with Gasteiger partial charge in [0.1, 0.15) is 5.75 Å². The standard InChI is InChI=1S/C22H30N4O3S/c1-3-23-22(24-13-12-18-8-10-19(11-9-18)30(2,28)29)26-16-14-25(15-17-26)20-6-4-5-7-21(20)27/h4-11,27H,3,12-17H2,1-2H3,(H,23,24). The average molecular weight is 431 g/mol. The molecule has 0 aliphatic carbocycles. The van der Waals surface area contributed by atoms with Crippen molar-refractivity contribution in [2.75, 3.05) is 50.4 Å². The van der Waals surface area contributed by atoms with Crippen LogP contribution in [0.2, 0.25) is 0 Å². The van der Waals surface area contributed by atoms with Crippen molar-refractivity contribution in [2.45, 2.75) is 18.2 Å². The highest BCUT2D eigenvalue weighted by molar-refractivity contribution is 7.90. The molecule has 162 valence electrons. The van der Waals surface area contributed by atoms with Crippen LogP contribution in [-0.2, 0) is 16.3 Å². The summed E-state index contributed by atoms with van der Waals surface area (Å²) in [6.07, 6.45) is 1.96. The molecule has 0 saturated carbocycles.